The first-order valence-corrected chi connectivity index (χ1v) is 14.8. The normalized spacial score (nSPS) is 16.2. The number of H-pyrrole nitrogens is 1. The highest BCUT2D eigenvalue weighted by Gasteiger charge is 2.26. The first kappa shape index (κ1) is 32.5. The molecule has 5 heterocycles. The van der Waals surface area contributed by atoms with E-state index in [-0.39, 0.29) is 0 Å². The van der Waals surface area contributed by atoms with Gasteiger partial charge >= 0.3 is 0 Å². The van der Waals surface area contributed by atoms with Crippen LogP contribution in [0.4, 0.5) is 28.8 Å². The van der Waals surface area contributed by atoms with Crippen LogP contribution in [0.5, 0.6) is 0 Å². The highest BCUT2D eigenvalue weighted by molar-refractivity contribution is 7.13. The van der Waals surface area contributed by atoms with Crippen molar-refractivity contribution in [3.8, 4) is 12.8 Å². The highest BCUT2D eigenvalue weighted by Crippen LogP contribution is 2.39. The van der Waals surface area contributed by atoms with Gasteiger partial charge in [0.1, 0.15) is 0 Å². The molecule has 1 amide bonds. The number of ether oxygens (including phenoxy) is 1. The van der Waals surface area contributed by atoms with Crippen molar-refractivity contribution in [2.75, 3.05) is 80.0 Å². The van der Waals surface area contributed by atoms with Gasteiger partial charge in [0.25, 0.3) is 0 Å². The Hall–Kier alpha value is -4.06. The van der Waals surface area contributed by atoms with Crippen molar-refractivity contribution in [1.82, 2.24) is 35.0 Å². The lowest BCUT2D eigenvalue weighted by Crippen LogP contribution is -2.48. The van der Waals surface area contributed by atoms with Crippen LogP contribution in [0.25, 0.3) is 0 Å². The summed E-state index contributed by atoms with van der Waals surface area (Å²) in [6, 6.07) is 2.07. The predicted octanol–water partition coefficient (Wildman–Crippen LogP) is 3.35. The Morgan fingerprint density at radius 3 is 2.31 bits per heavy atom. The van der Waals surface area contributed by atoms with E-state index in [1.54, 1.807) is 18.7 Å². The Morgan fingerprint density at radius 2 is 1.74 bits per heavy atom. The Balaban J connectivity index is 0.000000343. The molecule has 0 bridgehead atoms. The molecule has 14 heteroatoms. The Morgan fingerprint density at radius 1 is 1.07 bits per heavy atom. The first-order valence-electron chi connectivity index (χ1n) is 13.9. The number of rotatable bonds is 10. The molecule has 3 aromatic rings. The van der Waals surface area contributed by atoms with Gasteiger partial charge in [-0.1, -0.05) is 0 Å². The van der Waals surface area contributed by atoms with Gasteiger partial charge < -0.3 is 25.2 Å². The Labute approximate surface area is 251 Å². The van der Waals surface area contributed by atoms with Gasteiger partial charge in [0, 0.05) is 82.2 Å². The van der Waals surface area contributed by atoms with Gasteiger partial charge in [0.15, 0.2) is 10.9 Å². The van der Waals surface area contributed by atoms with Crippen molar-refractivity contribution >= 4 is 46.5 Å². The molecule has 2 aliphatic heterocycles. The number of terminal acetylenes is 1. The molecule has 0 radical (unpaired) electrons. The molecule has 226 valence electrons. The summed E-state index contributed by atoms with van der Waals surface area (Å²) < 4.78 is 5.21. The van der Waals surface area contributed by atoms with E-state index in [9.17, 15) is 4.79 Å². The van der Waals surface area contributed by atoms with Crippen LogP contribution < -0.4 is 20.4 Å². The maximum atomic E-state index is 9.73. The molecular formula is C28H41N11O2S. The Bertz CT molecular complexity index is 1200. The van der Waals surface area contributed by atoms with Gasteiger partial charge in [-0.25, -0.2) is 4.98 Å². The fraction of sp³-hybridized carbons (Fsp3) is 0.500. The number of hydrogen-bond acceptors (Lipinski definition) is 12. The number of aromatic amines is 1. The molecular weight excluding hydrogens is 554 g/mol. The number of carbonyl (C=O) groups excluding carboxylic acids is 1. The molecule has 3 N–H and O–H groups in total. The van der Waals surface area contributed by atoms with E-state index in [1.165, 1.54) is 42.7 Å². The fourth-order valence-corrected chi connectivity index (χ4v) is 4.95. The molecule has 3 fully saturated rings. The smallest absolute Gasteiger partial charge is 0.235 e. The third kappa shape index (κ3) is 9.79. The van der Waals surface area contributed by atoms with E-state index in [1.807, 2.05) is 0 Å². The zero-order valence-electron chi connectivity index (χ0n) is 24.2. The van der Waals surface area contributed by atoms with Crippen LogP contribution in [-0.2, 0) is 9.53 Å². The van der Waals surface area contributed by atoms with E-state index in [0.717, 1.165) is 70.1 Å². The Kier molecular flexibility index (Phi) is 13.7. The zero-order valence-corrected chi connectivity index (χ0v) is 25.1. The average Bonchev–Trinajstić information content (AvgIpc) is 3.41. The predicted molar refractivity (Wildman–Crippen MR) is 169 cm³/mol. The first-order chi connectivity index (χ1) is 20.7. The van der Waals surface area contributed by atoms with Gasteiger partial charge in [-0.15, -0.1) is 37.3 Å². The summed E-state index contributed by atoms with van der Waals surface area (Å²) in [4.78, 5) is 34.7. The van der Waals surface area contributed by atoms with Gasteiger partial charge in [0.2, 0.25) is 24.3 Å². The topological polar surface area (TPSA) is 140 Å². The SMILES string of the molecule is C#C.C=C.COCCN1CCN(c2nc(Nc3cc(C4CC4)[nH]n3)nc(N3CCCC3)n2)CC1.O=CNc1nccs1. The molecule has 2 saturated heterocycles. The largest absolute Gasteiger partial charge is 0.383 e. The summed E-state index contributed by atoms with van der Waals surface area (Å²) in [7, 11) is 1.75. The molecule has 3 aliphatic rings. The van der Waals surface area contributed by atoms with E-state index in [2.05, 4.69) is 72.6 Å². The quantitative estimate of drug-likeness (QED) is 0.181. The molecule has 1 aliphatic carbocycles. The lowest BCUT2D eigenvalue weighted by atomic mass is 10.3. The zero-order chi connectivity index (χ0) is 30.2. The van der Waals surface area contributed by atoms with Crippen LogP contribution >= 0.6 is 11.3 Å². The van der Waals surface area contributed by atoms with Crippen molar-refractivity contribution in [3.05, 3.63) is 36.5 Å². The van der Waals surface area contributed by atoms with Crippen LogP contribution in [0, 0.1) is 12.8 Å². The van der Waals surface area contributed by atoms with Crippen LogP contribution in [0.3, 0.4) is 0 Å². The number of thiazole rings is 1. The maximum Gasteiger partial charge on any atom is 0.235 e. The van der Waals surface area contributed by atoms with Crippen molar-refractivity contribution in [1.29, 1.82) is 0 Å². The number of nitrogens with zero attached hydrogens (tertiary/aromatic N) is 8. The number of carbonyl (C=O) groups is 1. The summed E-state index contributed by atoms with van der Waals surface area (Å²) in [6.07, 6.45) is 15.1. The molecule has 6 rings (SSSR count). The van der Waals surface area contributed by atoms with E-state index >= 15 is 0 Å². The van der Waals surface area contributed by atoms with Crippen molar-refractivity contribution in [2.45, 2.75) is 31.6 Å². The van der Waals surface area contributed by atoms with Crippen LogP contribution in [-0.4, -0.2) is 101 Å². The van der Waals surface area contributed by atoms with Crippen molar-refractivity contribution < 1.29 is 9.53 Å². The monoisotopic (exact) mass is 595 g/mol. The second-order valence-corrected chi connectivity index (χ2v) is 10.4. The highest BCUT2D eigenvalue weighted by atomic mass is 32.1. The molecule has 0 atom stereocenters. The number of nitrogens with one attached hydrogen (secondary N) is 3. The van der Waals surface area contributed by atoms with E-state index < -0.39 is 0 Å². The van der Waals surface area contributed by atoms with Gasteiger partial charge in [-0.3, -0.25) is 14.8 Å². The minimum absolute atomic E-state index is 0.567. The van der Waals surface area contributed by atoms with Crippen LogP contribution in [0.1, 0.15) is 37.3 Å². The molecule has 0 aromatic carbocycles. The third-order valence-corrected chi connectivity index (χ3v) is 7.44. The van der Waals surface area contributed by atoms with Crippen molar-refractivity contribution in [2.24, 2.45) is 0 Å². The third-order valence-electron chi connectivity index (χ3n) is 6.74. The van der Waals surface area contributed by atoms with Gasteiger partial charge in [-0.05, 0) is 25.7 Å². The standard InChI is InChI=1S/C20H31N9O.C4H4N2OS.C2H4.C2H2/c1-30-13-12-27-8-10-29(11-9-27)20-23-18(22-19(24-20)28-6-2-3-7-28)21-17-14-16(25-26-17)15-4-5-15;7-3-6-4-5-1-2-8-4;2*1-2/h14-15H,2-13H2,1H3,(H2,21,22,23,24,25,26);1-3H,(H,5,6,7);1-2H2;1-2H. The molecule has 3 aromatic heterocycles. The summed E-state index contributed by atoms with van der Waals surface area (Å²) >= 11 is 1.39. The lowest BCUT2D eigenvalue weighted by Gasteiger charge is -2.34. The number of piperazine rings is 1. The molecule has 0 spiro atoms. The number of anilines is 5. The molecule has 0 unspecified atom stereocenters. The van der Waals surface area contributed by atoms with Crippen LogP contribution in [0.15, 0.2) is 30.8 Å². The molecule has 13 nitrogen and oxygen atoms in total. The van der Waals surface area contributed by atoms with Crippen LogP contribution in [0.2, 0.25) is 0 Å². The molecule has 42 heavy (non-hydrogen) atoms. The summed E-state index contributed by atoms with van der Waals surface area (Å²) in [5, 5.41) is 15.7. The van der Waals surface area contributed by atoms with E-state index in [4.69, 9.17) is 19.7 Å². The minimum atomic E-state index is 0.567. The maximum absolute atomic E-state index is 9.73. The summed E-state index contributed by atoms with van der Waals surface area (Å²) in [6.45, 7) is 13.5. The number of methoxy groups -OCH3 is 1. The number of aromatic nitrogens is 6. The minimum Gasteiger partial charge on any atom is -0.383 e. The van der Waals surface area contributed by atoms with Gasteiger partial charge in [-0.2, -0.15) is 20.1 Å². The fourth-order valence-electron chi connectivity index (χ4n) is 4.47. The van der Waals surface area contributed by atoms with Crippen molar-refractivity contribution in [3.63, 3.8) is 0 Å². The second kappa shape index (κ2) is 17.7. The van der Waals surface area contributed by atoms with E-state index in [0.29, 0.717) is 23.4 Å². The second-order valence-electron chi connectivity index (χ2n) is 9.48. The average molecular weight is 596 g/mol. The summed E-state index contributed by atoms with van der Waals surface area (Å²) in [5.74, 6) is 3.48. The summed E-state index contributed by atoms with van der Waals surface area (Å²) in [5.41, 5.74) is 1.19. The van der Waals surface area contributed by atoms with Gasteiger partial charge in [0.05, 0.1) is 6.61 Å². The number of amides is 1. The molecule has 1 saturated carbocycles. The lowest BCUT2D eigenvalue weighted by molar-refractivity contribution is -0.105. The number of hydrogen-bond donors (Lipinski definition) is 3.